The zero-order valence-electron chi connectivity index (χ0n) is 17.0. The van der Waals surface area contributed by atoms with Crippen LogP contribution in [0.3, 0.4) is 0 Å². The van der Waals surface area contributed by atoms with Gasteiger partial charge in [-0.05, 0) is 75.7 Å². The largest absolute Gasteiger partial charge is 0.488 e. The average molecular weight is 366 g/mol. The molecule has 2 heterocycles. The third-order valence-electron chi connectivity index (χ3n) is 4.72. The molecule has 27 heavy (non-hydrogen) atoms. The highest BCUT2D eigenvalue weighted by Gasteiger charge is 2.18. The molecule has 4 heteroatoms. The van der Waals surface area contributed by atoms with E-state index in [2.05, 4.69) is 72.0 Å². The van der Waals surface area contributed by atoms with Crippen LogP contribution in [-0.2, 0) is 11.3 Å². The molecule has 3 rings (SSSR count). The lowest BCUT2D eigenvalue weighted by Crippen LogP contribution is -2.45. The number of anilines is 1. The molecule has 1 aliphatic heterocycles. The fourth-order valence-electron chi connectivity index (χ4n) is 3.36. The van der Waals surface area contributed by atoms with Gasteiger partial charge in [-0.25, -0.2) is 0 Å². The van der Waals surface area contributed by atoms with Crippen LogP contribution in [-0.4, -0.2) is 41.7 Å². The summed E-state index contributed by atoms with van der Waals surface area (Å²) in [7, 11) is 0. The van der Waals surface area contributed by atoms with Crippen molar-refractivity contribution in [3.8, 4) is 0 Å². The quantitative estimate of drug-likeness (QED) is 0.725. The van der Waals surface area contributed by atoms with Crippen LogP contribution >= 0.6 is 0 Å². The van der Waals surface area contributed by atoms with Crippen molar-refractivity contribution < 1.29 is 4.74 Å². The van der Waals surface area contributed by atoms with E-state index >= 15 is 0 Å². The van der Waals surface area contributed by atoms with Crippen molar-refractivity contribution in [1.29, 1.82) is 0 Å². The van der Waals surface area contributed by atoms with Gasteiger partial charge in [0.15, 0.2) is 0 Å². The number of benzene rings is 1. The highest BCUT2D eigenvalue weighted by Crippen LogP contribution is 2.25. The van der Waals surface area contributed by atoms with Crippen molar-refractivity contribution in [3.63, 3.8) is 0 Å². The Morgan fingerprint density at radius 1 is 1.00 bits per heavy atom. The summed E-state index contributed by atoms with van der Waals surface area (Å²) in [6.45, 7) is 13.5. The molecule has 144 valence electrons. The zero-order chi connectivity index (χ0) is 19.3. The van der Waals surface area contributed by atoms with Gasteiger partial charge in [-0.15, -0.1) is 0 Å². The molecule has 1 aliphatic rings. The average Bonchev–Trinajstić information content (AvgIpc) is 2.67. The fraction of sp³-hybridized carbons (Fsp3) is 0.435. The minimum Gasteiger partial charge on any atom is -0.488 e. The summed E-state index contributed by atoms with van der Waals surface area (Å²) in [4.78, 5) is 9.07. The summed E-state index contributed by atoms with van der Waals surface area (Å²) in [6, 6.07) is 13.0. The molecule has 1 saturated heterocycles. The number of nitrogens with zero attached hydrogens (tertiary/aromatic N) is 3. The molecule has 0 spiro atoms. The Morgan fingerprint density at radius 3 is 2.19 bits per heavy atom. The first-order valence-electron chi connectivity index (χ1n) is 9.76. The zero-order valence-corrected chi connectivity index (χ0v) is 17.0. The fourth-order valence-corrected chi connectivity index (χ4v) is 3.36. The molecular formula is C23H31N3O. The summed E-state index contributed by atoms with van der Waals surface area (Å²) >= 11 is 0. The van der Waals surface area contributed by atoms with Crippen LogP contribution in [0.15, 0.2) is 54.9 Å². The minimum absolute atomic E-state index is 0.189. The van der Waals surface area contributed by atoms with Gasteiger partial charge in [-0.1, -0.05) is 0 Å². The number of pyridine rings is 1. The second-order valence-corrected chi connectivity index (χ2v) is 8.03. The normalized spacial score (nSPS) is 16.4. The van der Waals surface area contributed by atoms with Gasteiger partial charge in [-0.2, -0.15) is 0 Å². The SMILES string of the molecule is C/C=C(\OC(C)(C)C)c1ccc(N2CCN(Cc3ccncc3)CC2)cc1. The molecule has 1 aromatic carbocycles. The van der Waals surface area contributed by atoms with Gasteiger partial charge in [-0.3, -0.25) is 9.88 Å². The molecule has 4 nitrogen and oxygen atoms in total. The van der Waals surface area contributed by atoms with Crippen LogP contribution in [0.1, 0.15) is 38.8 Å². The van der Waals surface area contributed by atoms with Gasteiger partial charge < -0.3 is 9.64 Å². The van der Waals surface area contributed by atoms with Crippen molar-refractivity contribution in [2.24, 2.45) is 0 Å². The van der Waals surface area contributed by atoms with E-state index in [4.69, 9.17) is 4.74 Å². The predicted octanol–water partition coefficient (Wildman–Crippen LogP) is 4.58. The van der Waals surface area contributed by atoms with Crippen molar-refractivity contribution >= 4 is 11.4 Å². The smallest absolute Gasteiger partial charge is 0.123 e. The maximum absolute atomic E-state index is 6.07. The molecule has 0 unspecified atom stereocenters. The third-order valence-corrected chi connectivity index (χ3v) is 4.72. The number of rotatable bonds is 5. The van der Waals surface area contributed by atoms with Gasteiger partial charge in [0.2, 0.25) is 0 Å². The Bertz CT molecular complexity index is 739. The number of hydrogen-bond acceptors (Lipinski definition) is 4. The van der Waals surface area contributed by atoms with Crippen LogP contribution in [0.4, 0.5) is 5.69 Å². The lowest BCUT2D eigenvalue weighted by Gasteiger charge is -2.36. The lowest BCUT2D eigenvalue weighted by molar-refractivity contribution is 0.0968. The van der Waals surface area contributed by atoms with E-state index in [1.54, 1.807) is 0 Å². The van der Waals surface area contributed by atoms with Gasteiger partial charge >= 0.3 is 0 Å². The van der Waals surface area contributed by atoms with E-state index in [1.165, 1.54) is 11.3 Å². The standard InChI is InChI=1S/C23H31N3O/c1-5-22(27-23(2,3)4)20-6-8-21(9-7-20)26-16-14-25(15-17-26)18-19-10-12-24-13-11-19/h5-13H,14-18H2,1-4H3/b22-5-. The Balaban J connectivity index is 1.57. The maximum atomic E-state index is 6.07. The predicted molar refractivity (Wildman–Crippen MR) is 113 cm³/mol. The van der Waals surface area contributed by atoms with E-state index < -0.39 is 0 Å². The van der Waals surface area contributed by atoms with E-state index in [0.717, 1.165) is 44.0 Å². The molecule has 1 fully saturated rings. The van der Waals surface area contributed by atoms with E-state index in [0.29, 0.717) is 0 Å². The van der Waals surface area contributed by atoms with Crippen molar-refractivity contribution in [2.45, 2.75) is 39.8 Å². The Labute approximate surface area is 163 Å². The first kappa shape index (κ1) is 19.4. The number of ether oxygens (including phenoxy) is 1. The first-order valence-corrected chi connectivity index (χ1v) is 9.76. The van der Waals surface area contributed by atoms with Gasteiger partial charge in [0.05, 0.1) is 0 Å². The third kappa shape index (κ3) is 5.57. The summed E-state index contributed by atoms with van der Waals surface area (Å²) < 4.78 is 6.07. The van der Waals surface area contributed by atoms with Crippen LogP contribution in [0.2, 0.25) is 0 Å². The topological polar surface area (TPSA) is 28.6 Å². The van der Waals surface area contributed by atoms with E-state index in [-0.39, 0.29) is 5.60 Å². The van der Waals surface area contributed by atoms with Crippen LogP contribution in [0.25, 0.3) is 5.76 Å². The van der Waals surface area contributed by atoms with Gasteiger partial charge in [0, 0.05) is 56.4 Å². The van der Waals surface area contributed by atoms with E-state index in [1.807, 2.05) is 25.4 Å². The molecule has 0 bridgehead atoms. The van der Waals surface area contributed by atoms with Crippen LogP contribution in [0, 0.1) is 0 Å². The molecule has 0 N–H and O–H groups in total. The molecule has 0 aliphatic carbocycles. The first-order chi connectivity index (χ1) is 12.9. The highest BCUT2D eigenvalue weighted by molar-refractivity contribution is 5.63. The number of hydrogen-bond donors (Lipinski definition) is 0. The maximum Gasteiger partial charge on any atom is 0.123 e. The highest BCUT2D eigenvalue weighted by atomic mass is 16.5. The second kappa shape index (κ2) is 8.57. The molecular weight excluding hydrogens is 334 g/mol. The van der Waals surface area contributed by atoms with Gasteiger partial charge in [0.1, 0.15) is 11.4 Å². The monoisotopic (exact) mass is 365 g/mol. The summed E-state index contributed by atoms with van der Waals surface area (Å²) in [5, 5.41) is 0. The summed E-state index contributed by atoms with van der Waals surface area (Å²) in [5.74, 6) is 0.941. The van der Waals surface area contributed by atoms with Crippen molar-refractivity contribution in [2.75, 3.05) is 31.1 Å². The molecule has 0 radical (unpaired) electrons. The molecule has 0 amide bonds. The number of piperazine rings is 1. The summed E-state index contributed by atoms with van der Waals surface area (Å²) in [6.07, 6.45) is 5.78. The van der Waals surface area contributed by atoms with Crippen molar-refractivity contribution in [1.82, 2.24) is 9.88 Å². The molecule has 2 aromatic rings. The number of aromatic nitrogens is 1. The second-order valence-electron chi connectivity index (χ2n) is 8.03. The van der Waals surface area contributed by atoms with Crippen LogP contribution in [0.5, 0.6) is 0 Å². The van der Waals surface area contributed by atoms with E-state index in [9.17, 15) is 0 Å². The van der Waals surface area contributed by atoms with Crippen molar-refractivity contribution in [3.05, 3.63) is 66.0 Å². The van der Waals surface area contributed by atoms with Gasteiger partial charge in [0.25, 0.3) is 0 Å². The number of allylic oxidation sites excluding steroid dienone is 1. The lowest BCUT2D eigenvalue weighted by atomic mass is 10.1. The molecule has 0 saturated carbocycles. The van der Waals surface area contributed by atoms with Crippen LogP contribution < -0.4 is 4.90 Å². The Kier molecular flexibility index (Phi) is 6.17. The Morgan fingerprint density at radius 2 is 1.63 bits per heavy atom. The molecule has 0 atom stereocenters. The molecule has 1 aromatic heterocycles. The Hall–Kier alpha value is -2.33. The summed E-state index contributed by atoms with van der Waals surface area (Å²) in [5.41, 5.74) is 3.56. The minimum atomic E-state index is -0.189.